The maximum Gasteiger partial charge on any atom is 0.330 e. The molecule has 2 nitrogen and oxygen atoms in total. The Balaban J connectivity index is 0.000000202. The molecule has 1 radical (unpaired) electrons. The van der Waals surface area contributed by atoms with Gasteiger partial charge in [0.1, 0.15) is 0 Å². The fraction of sp³-hybridized carbons (Fsp3) is 0.100. The Morgan fingerprint density at radius 1 is 1.33 bits per heavy atom. The number of rotatable bonds is 1. The van der Waals surface area contributed by atoms with E-state index in [0.29, 0.717) is 0 Å². The third-order valence-electron chi connectivity index (χ3n) is 0.972. The van der Waals surface area contributed by atoms with Gasteiger partial charge in [-0.15, -0.1) is 0 Å². The molecule has 0 bridgehead atoms. The Hall–Kier alpha value is -1.57. The smallest absolute Gasteiger partial charge is 0.330 e. The summed E-state index contributed by atoms with van der Waals surface area (Å²) in [5.74, 6) is -0.935. The predicted molar refractivity (Wildman–Crippen MR) is 47.7 cm³/mol. The van der Waals surface area contributed by atoms with E-state index in [-0.39, 0.29) is 5.57 Å². The van der Waals surface area contributed by atoms with Gasteiger partial charge in [-0.1, -0.05) is 36.9 Å². The van der Waals surface area contributed by atoms with Crippen LogP contribution in [0.5, 0.6) is 0 Å². The van der Waals surface area contributed by atoms with Crippen LogP contribution in [0.1, 0.15) is 6.92 Å². The lowest BCUT2D eigenvalue weighted by Gasteiger charge is -1.79. The van der Waals surface area contributed by atoms with Crippen LogP contribution in [-0.2, 0) is 4.79 Å². The minimum atomic E-state index is -0.935. The van der Waals surface area contributed by atoms with Gasteiger partial charge < -0.3 is 5.11 Å². The first kappa shape index (κ1) is 10.4. The van der Waals surface area contributed by atoms with Crippen LogP contribution in [0.15, 0.2) is 42.5 Å². The molecule has 1 N–H and O–H groups in total. The van der Waals surface area contributed by atoms with E-state index in [2.05, 4.69) is 12.6 Å². The van der Waals surface area contributed by atoms with Crippen molar-refractivity contribution in [3.05, 3.63) is 48.6 Å². The number of carboxylic acids is 1. The SMILES string of the molecule is C=C(C)C(=O)O.[c]1ccccc1. The second-order valence-electron chi connectivity index (χ2n) is 2.16. The molecule has 0 spiro atoms. The molecular weight excluding hydrogens is 152 g/mol. The molecule has 0 saturated heterocycles. The van der Waals surface area contributed by atoms with Gasteiger partial charge >= 0.3 is 5.97 Å². The lowest BCUT2D eigenvalue weighted by atomic mass is 10.4. The Bertz CT molecular complexity index is 201. The zero-order valence-electron chi connectivity index (χ0n) is 6.95. The van der Waals surface area contributed by atoms with Crippen LogP contribution in [0.3, 0.4) is 0 Å². The summed E-state index contributed by atoms with van der Waals surface area (Å²) < 4.78 is 0. The minimum absolute atomic E-state index is 0.176. The van der Waals surface area contributed by atoms with Crippen LogP contribution in [0.4, 0.5) is 0 Å². The van der Waals surface area contributed by atoms with E-state index < -0.39 is 5.97 Å². The first-order valence-electron chi connectivity index (χ1n) is 3.44. The van der Waals surface area contributed by atoms with Crippen molar-refractivity contribution in [1.29, 1.82) is 0 Å². The second-order valence-corrected chi connectivity index (χ2v) is 2.16. The summed E-state index contributed by atoms with van der Waals surface area (Å²) >= 11 is 0. The molecular formula is C10H11O2. The normalized spacial score (nSPS) is 7.75. The quantitative estimate of drug-likeness (QED) is 0.644. The minimum Gasteiger partial charge on any atom is -0.478 e. The van der Waals surface area contributed by atoms with Crippen molar-refractivity contribution in [3.63, 3.8) is 0 Å². The number of carboxylic acid groups (broad SMARTS) is 1. The molecule has 0 aliphatic carbocycles. The highest BCUT2D eigenvalue weighted by Crippen LogP contribution is 1.81. The topological polar surface area (TPSA) is 37.3 Å². The van der Waals surface area contributed by atoms with Gasteiger partial charge in [-0.25, -0.2) is 4.79 Å². The molecule has 12 heavy (non-hydrogen) atoms. The van der Waals surface area contributed by atoms with Gasteiger partial charge in [-0.2, -0.15) is 0 Å². The van der Waals surface area contributed by atoms with Crippen LogP contribution in [0.2, 0.25) is 0 Å². The van der Waals surface area contributed by atoms with E-state index in [0.717, 1.165) is 0 Å². The third-order valence-corrected chi connectivity index (χ3v) is 0.972. The number of benzene rings is 1. The van der Waals surface area contributed by atoms with Crippen LogP contribution in [-0.4, -0.2) is 11.1 Å². The van der Waals surface area contributed by atoms with Gasteiger partial charge in [0.2, 0.25) is 0 Å². The molecule has 1 aromatic carbocycles. The molecule has 63 valence electrons. The molecule has 0 atom stereocenters. The molecule has 0 aliphatic rings. The van der Waals surface area contributed by atoms with E-state index in [1.54, 1.807) is 0 Å². The highest BCUT2D eigenvalue weighted by atomic mass is 16.4. The summed E-state index contributed by atoms with van der Waals surface area (Å²) in [6.07, 6.45) is 0. The van der Waals surface area contributed by atoms with E-state index in [9.17, 15) is 4.79 Å². The monoisotopic (exact) mass is 163 g/mol. The van der Waals surface area contributed by atoms with Gasteiger partial charge in [0.25, 0.3) is 0 Å². The van der Waals surface area contributed by atoms with Gasteiger partial charge in [0.05, 0.1) is 0 Å². The average Bonchev–Trinajstić information content (AvgIpc) is 2.08. The second kappa shape index (κ2) is 6.16. The van der Waals surface area contributed by atoms with Crippen LogP contribution in [0, 0.1) is 6.07 Å². The van der Waals surface area contributed by atoms with Crippen LogP contribution >= 0.6 is 0 Å². The van der Waals surface area contributed by atoms with E-state index in [1.165, 1.54) is 6.92 Å². The molecule has 2 heteroatoms. The maximum atomic E-state index is 9.60. The molecule has 0 heterocycles. The van der Waals surface area contributed by atoms with E-state index >= 15 is 0 Å². The predicted octanol–water partition coefficient (Wildman–Crippen LogP) is 2.13. The van der Waals surface area contributed by atoms with Crippen molar-refractivity contribution in [3.8, 4) is 0 Å². The summed E-state index contributed by atoms with van der Waals surface area (Å²) in [4.78, 5) is 9.60. The summed E-state index contributed by atoms with van der Waals surface area (Å²) in [6.45, 7) is 4.60. The summed E-state index contributed by atoms with van der Waals surface area (Å²) in [5.41, 5.74) is 0.176. The summed E-state index contributed by atoms with van der Waals surface area (Å²) in [7, 11) is 0. The van der Waals surface area contributed by atoms with E-state index in [1.807, 2.05) is 30.3 Å². The number of hydrogen-bond donors (Lipinski definition) is 1. The summed E-state index contributed by atoms with van der Waals surface area (Å²) in [5, 5.41) is 7.89. The standard InChI is InChI=1S/C6H5.C4H6O2/c1-2-4-6-5-3-1;1-3(2)4(5)6/h1-5H;1H2,2H3,(H,5,6). The largest absolute Gasteiger partial charge is 0.478 e. The van der Waals surface area contributed by atoms with Crippen molar-refractivity contribution in [2.45, 2.75) is 6.92 Å². The highest BCUT2D eigenvalue weighted by molar-refractivity contribution is 5.84. The Morgan fingerprint density at radius 3 is 1.83 bits per heavy atom. The Kier molecular flexibility index (Phi) is 5.35. The van der Waals surface area contributed by atoms with Gasteiger partial charge in [0, 0.05) is 5.57 Å². The van der Waals surface area contributed by atoms with Gasteiger partial charge in [-0.3, -0.25) is 0 Å². The summed E-state index contributed by atoms with van der Waals surface area (Å²) in [6, 6.07) is 12.5. The zero-order chi connectivity index (χ0) is 9.40. The van der Waals surface area contributed by atoms with Crippen molar-refractivity contribution in [2.75, 3.05) is 0 Å². The van der Waals surface area contributed by atoms with Gasteiger partial charge in [0.15, 0.2) is 0 Å². The molecule has 0 aromatic heterocycles. The van der Waals surface area contributed by atoms with Crippen molar-refractivity contribution in [1.82, 2.24) is 0 Å². The average molecular weight is 163 g/mol. The Morgan fingerprint density at radius 2 is 1.75 bits per heavy atom. The fourth-order valence-electron chi connectivity index (χ4n) is 0.342. The van der Waals surface area contributed by atoms with Crippen molar-refractivity contribution < 1.29 is 9.90 Å². The highest BCUT2D eigenvalue weighted by Gasteiger charge is 1.90. The zero-order valence-corrected chi connectivity index (χ0v) is 6.95. The molecule has 0 amide bonds. The molecule has 0 aliphatic heterocycles. The van der Waals surface area contributed by atoms with Crippen LogP contribution < -0.4 is 0 Å². The van der Waals surface area contributed by atoms with Crippen molar-refractivity contribution in [2.24, 2.45) is 0 Å². The molecule has 0 unspecified atom stereocenters. The van der Waals surface area contributed by atoms with Gasteiger partial charge in [-0.05, 0) is 13.0 Å². The first-order chi connectivity index (χ1) is 5.64. The molecule has 0 saturated carbocycles. The lowest BCUT2D eigenvalue weighted by Crippen LogP contribution is -1.92. The third kappa shape index (κ3) is 6.55. The van der Waals surface area contributed by atoms with E-state index in [4.69, 9.17) is 5.11 Å². The number of aliphatic carboxylic acids is 1. The van der Waals surface area contributed by atoms with Crippen LogP contribution in [0.25, 0.3) is 0 Å². The lowest BCUT2D eigenvalue weighted by molar-refractivity contribution is -0.132. The Labute approximate surface area is 72.2 Å². The fourth-order valence-corrected chi connectivity index (χ4v) is 0.342. The molecule has 1 aromatic rings. The molecule has 0 fully saturated rings. The van der Waals surface area contributed by atoms with Crippen molar-refractivity contribution >= 4 is 5.97 Å². The number of carbonyl (C=O) groups is 1. The maximum absolute atomic E-state index is 9.60. The first-order valence-corrected chi connectivity index (χ1v) is 3.44. The number of hydrogen-bond acceptors (Lipinski definition) is 1. The molecule has 1 rings (SSSR count).